The van der Waals surface area contributed by atoms with Crippen molar-refractivity contribution in [2.75, 3.05) is 31.6 Å². The van der Waals surface area contributed by atoms with Crippen LogP contribution in [0.2, 0.25) is 0 Å². The number of aromatic nitrogens is 1. The van der Waals surface area contributed by atoms with Crippen molar-refractivity contribution in [2.45, 2.75) is 13.0 Å². The number of carbonyl (C=O) groups excluding carboxylic acids is 1. The Morgan fingerprint density at radius 1 is 1.19 bits per heavy atom. The SMILES string of the molecule is COc1ccc([C@H]2[C@@H]3CN(c4ccncc4F)C[C@@H]3CN2C(C)=O)cc1. The van der Waals surface area contributed by atoms with E-state index < -0.39 is 0 Å². The van der Waals surface area contributed by atoms with Crippen LogP contribution in [0.25, 0.3) is 0 Å². The van der Waals surface area contributed by atoms with Gasteiger partial charge in [-0.15, -0.1) is 0 Å². The molecule has 0 bridgehead atoms. The third kappa shape index (κ3) is 2.79. The number of ether oxygens (including phenoxy) is 1. The Balaban J connectivity index is 1.63. The molecule has 2 fully saturated rings. The molecule has 5 nitrogen and oxygen atoms in total. The van der Waals surface area contributed by atoms with Gasteiger partial charge in [0.25, 0.3) is 0 Å². The van der Waals surface area contributed by atoms with E-state index in [1.807, 2.05) is 29.2 Å². The van der Waals surface area contributed by atoms with Gasteiger partial charge in [-0.3, -0.25) is 9.78 Å². The average molecular weight is 355 g/mol. The first-order valence-corrected chi connectivity index (χ1v) is 8.84. The van der Waals surface area contributed by atoms with Crippen LogP contribution in [0.5, 0.6) is 5.75 Å². The van der Waals surface area contributed by atoms with Crippen LogP contribution >= 0.6 is 0 Å². The molecule has 1 aromatic carbocycles. The van der Waals surface area contributed by atoms with Crippen molar-refractivity contribution in [3.05, 3.63) is 54.1 Å². The zero-order valence-corrected chi connectivity index (χ0v) is 14.9. The van der Waals surface area contributed by atoms with Crippen LogP contribution in [0.1, 0.15) is 18.5 Å². The topological polar surface area (TPSA) is 45.7 Å². The Kier molecular flexibility index (Phi) is 4.26. The van der Waals surface area contributed by atoms with Crippen LogP contribution in [0.3, 0.4) is 0 Å². The molecule has 0 unspecified atom stereocenters. The summed E-state index contributed by atoms with van der Waals surface area (Å²) < 4.78 is 19.4. The van der Waals surface area contributed by atoms with Gasteiger partial charge in [0, 0.05) is 44.6 Å². The second kappa shape index (κ2) is 6.59. The molecule has 1 amide bonds. The lowest BCUT2D eigenvalue weighted by atomic mass is 9.89. The number of halogens is 1. The van der Waals surface area contributed by atoms with Gasteiger partial charge < -0.3 is 14.5 Å². The summed E-state index contributed by atoms with van der Waals surface area (Å²) >= 11 is 0. The number of anilines is 1. The van der Waals surface area contributed by atoms with Gasteiger partial charge in [0.15, 0.2) is 5.82 Å². The second-order valence-corrected chi connectivity index (χ2v) is 7.05. The number of hydrogen-bond donors (Lipinski definition) is 0. The summed E-state index contributed by atoms with van der Waals surface area (Å²) in [6.45, 7) is 3.81. The maximum absolute atomic E-state index is 14.1. The fourth-order valence-corrected chi connectivity index (χ4v) is 4.42. The van der Waals surface area contributed by atoms with Gasteiger partial charge in [0.2, 0.25) is 5.91 Å². The highest BCUT2D eigenvalue weighted by Gasteiger charge is 2.48. The first-order valence-electron chi connectivity index (χ1n) is 8.84. The summed E-state index contributed by atoms with van der Waals surface area (Å²) in [4.78, 5) is 20.1. The molecule has 0 saturated carbocycles. The van der Waals surface area contributed by atoms with Crippen LogP contribution in [-0.4, -0.2) is 42.5 Å². The Morgan fingerprint density at radius 2 is 1.96 bits per heavy atom. The van der Waals surface area contributed by atoms with E-state index in [4.69, 9.17) is 4.74 Å². The molecular formula is C20H22FN3O2. The van der Waals surface area contributed by atoms with Crippen LogP contribution in [-0.2, 0) is 4.79 Å². The quantitative estimate of drug-likeness (QED) is 0.849. The Morgan fingerprint density at radius 3 is 2.62 bits per heavy atom. The van der Waals surface area contributed by atoms with Crippen LogP contribution in [0.4, 0.5) is 10.1 Å². The number of carbonyl (C=O) groups is 1. The lowest BCUT2D eigenvalue weighted by Crippen LogP contribution is -2.34. The minimum Gasteiger partial charge on any atom is -0.497 e. The van der Waals surface area contributed by atoms with Crippen molar-refractivity contribution in [2.24, 2.45) is 11.8 Å². The van der Waals surface area contributed by atoms with Gasteiger partial charge in [0.05, 0.1) is 25.0 Å². The van der Waals surface area contributed by atoms with E-state index in [0.29, 0.717) is 18.2 Å². The Bertz CT molecular complexity index is 811. The van der Waals surface area contributed by atoms with Crippen LogP contribution in [0.15, 0.2) is 42.7 Å². The van der Waals surface area contributed by atoms with Crippen molar-refractivity contribution in [3.63, 3.8) is 0 Å². The summed E-state index contributed by atoms with van der Waals surface area (Å²) in [7, 11) is 1.64. The predicted octanol–water partition coefficient (Wildman–Crippen LogP) is 2.89. The third-order valence-electron chi connectivity index (χ3n) is 5.62. The van der Waals surface area contributed by atoms with Crippen molar-refractivity contribution < 1.29 is 13.9 Å². The smallest absolute Gasteiger partial charge is 0.219 e. The fraction of sp³-hybridized carbons (Fsp3) is 0.400. The molecule has 26 heavy (non-hydrogen) atoms. The van der Waals surface area contributed by atoms with Gasteiger partial charge in [-0.05, 0) is 23.8 Å². The normalized spacial score (nSPS) is 24.7. The fourth-order valence-electron chi connectivity index (χ4n) is 4.42. The first-order chi connectivity index (χ1) is 12.6. The van der Waals surface area contributed by atoms with E-state index in [2.05, 4.69) is 9.88 Å². The zero-order chi connectivity index (χ0) is 18.3. The van der Waals surface area contributed by atoms with Crippen LogP contribution in [0, 0.1) is 17.7 Å². The third-order valence-corrected chi connectivity index (χ3v) is 5.62. The van der Waals surface area contributed by atoms with Gasteiger partial charge in [-0.2, -0.15) is 0 Å². The molecular weight excluding hydrogens is 333 g/mol. The maximum Gasteiger partial charge on any atom is 0.219 e. The number of rotatable bonds is 3. The monoisotopic (exact) mass is 355 g/mol. The number of fused-ring (bicyclic) bond motifs is 1. The van der Waals surface area contributed by atoms with Gasteiger partial charge in [-0.1, -0.05) is 12.1 Å². The van der Waals surface area contributed by atoms with Gasteiger partial charge >= 0.3 is 0 Å². The minimum atomic E-state index is -0.295. The highest BCUT2D eigenvalue weighted by Crippen LogP contribution is 2.46. The highest BCUT2D eigenvalue weighted by atomic mass is 19.1. The summed E-state index contributed by atoms with van der Waals surface area (Å²) in [5.41, 5.74) is 1.70. The molecule has 2 aliphatic rings. The highest BCUT2D eigenvalue weighted by molar-refractivity contribution is 5.74. The maximum atomic E-state index is 14.1. The standard InChI is InChI=1S/C20H22FN3O2/c1-13(25)24-11-15-10-23(19-7-8-22-9-18(19)21)12-17(15)20(24)14-3-5-16(26-2)6-4-14/h3-9,15,17,20H,10-12H2,1-2H3/t15-,17-,20+/m1/s1. The van der Waals surface area contributed by atoms with Crippen molar-refractivity contribution in [3.8, 4) is 5.75 Å². The zero-order valence-electron chi connectivity index (χ0n) is 14.9. The average Bonchev–Trinajstić information content (AvgIpc) is 3.20. The molecule has 3 atom stereocenters. The Labute approximate surface area is 152 Å². The minimum absolute atomic E-state index is 0.0123. The van der Waals surface area contributed by atoms with Crippen LogP contribution < -0.4 is 9.64 Å². The number of nitrogens with zero attached hydrogens (tertiary/aromatic N) is 3. The van der Waals surface area contributed by atoms with E-state index in [0.717, 1.165) is 24.4 Å². The number of likely N-dealkylation sites (tertiary alicyclic amines) is 1. The summed E-state index contributed by atoms with van der Waals surface area (Å²) in [6, 6.07) is 9.64. The molecule has 2 saturated heterocycles. The second-order valence-electron chi connectivity index (χ2n) is 7.05. The van der Waals surface area contributed by atoms with E-state index in [1.165, 1.54) is 6.20 Å². The number of pyridine rings is 1. The number of amides is 1. The molecule has 0 spiro atoms. The molecule has 6 heteroatoms. The molecule has 1 aromatic heterocycles. The van der Waals surface area contributed by atoms with E-state index >= 15 is 0 Å². The number of hydrogen-bond acceptors (Lipinski definition) is 4. The van der Waals surface area contributed by atoms with Crippen molar-refractivity contribution >= 4 is 11.6 Å². The number of benzene rings is 1. The van der Waals surface area contributed by atoms with E-state index in [9.17, 15) is 9.18 Å². The number of methoxy groups -OCH3 is 1. The molecule has 136 valence electrons. The predicted molar refractivity (Wildman–Crippen MR) is 96.5 cm³/mol. The van der Waals surface area contributed by atoms with Gasteiger partial charge in [-0.25, -0.2) is 4.39 Å². The largest absolute Gasteiger partial charge is 0.497 e. The molecule has 2 aromatic rings. The first kappa shape index (κ1) is 16.8. The van der Waals surface area contributed by atoms with Gasteiger partial charge in [0.1, 0.15) is 5.75 Å². The molecule has 3 heterocycles. The summed E-state index contributed by atoms with van der Waals surface area (Å²) in [6.07, 6.45) is 2.88. The molecule has 0 radical (unpaired) electrons. The summed E-state index contributed by atoms with van der Waals surface area (Å²) in [5.74, 6) is 1.20. The molecule has 0 N–H and O–H groups in total. The Hall–Kier alpha value is -2.63. The van der Waals surface area contributed by atoms with Crippen molar-refractivity contribution in [1.29, 1.82) is 0 Å². The van der Waals surface area contributed by atoms with E-state index in [-0.39, 0.29) is 23.7 Å². The molecule has 2 aliphatic heterocycles. The van der Waals surface area contributed by atoms with E-state index in [1.54, 1.807) is 26.3 Å². The lowest BCUT2D eigenvalue weighted by molar-refractivity contribution is -0.130. The van der Waals surface area contributed by atoms with Crippen molar-refractivity contribution in [1.82, 2.24) is 9.88 Å². The summed E-state index contributed by atoms with van der Waals surface area (Å²) in [5, 5.41) is 0. The molecule has 4 rings (SSSR count). The lowest BCUT2D eigenvalue weighted by Gasteiger charge is -2.30. The molecule has 0 aliphatic carbocycles.